The third-order valence-corrected chi connectivity index (χ3v) is 4.49. The molecule has 2 aromatic rings. The average molecular weight is 361 g/mol. The minimum Gasteiger partial charge on any atom is -0.480 e. The number of amides is 1. The first-order valence-corrected chi connectivity index (χ1v) is 7.86. The van der Waals surface area contributed by atoms with Gasteiger partial charge in [-0.25, -0.2) is 13.8 Å². The van der Waals surface area contributed by atoms with Gasteiger partial charge in [-0.05, 0) is 30.7 Å². The van der Waals surface area contributed by atoms with E-state index in [0.29, 0.717) is 5.69 Å². The molecule has 2 heterocycles. The highest BCUT2D eigenvalue weighted by Crippen LogP contribution is 2.37. The van der Waals surface area contributed by atoms with E-state index in [2.05, 4.69) is 15.3 Å². The molecule has 26 heavy (non-hydrogen) atoms. The van der Waals surface area contributed by atoms with Gasteiger partial charge in [-0.15, -0.1) is 0 Å². The number of alkyl halides is 2. The van der Waals surface area contributed by atoms with Gasteiger partial charge in [0.1, 0.15) is 11.7 Å². The van der Waals surface area contributed by atoms with E-state index in [9.17, 15) is 23.5 Å². The van der Waals surface area contributed by atoms with E-state index >= 15 is 0 Å². The zero-order valence-corrected chi connectivity index (χ0v) is 13.2. The largest absolute Gasteiger partial charge is 0.480 e. The number of anilines is 1. The lowest BCUT2D eigenvalue weighted by Gasteiger charge is -2.25. The van der Waals surface area contributed by atoms with Crippen LogP contribution in [-0.4, -0.2) is 40.5 Å². The van der Waals surface area contributed by atoms with Crippen LogP contribution in [0.2, 0.25) is 0 Å². The fourth-order valence-corrected chi connectivity index (χ4v) is 2.82. The molecular formula is C17H13F2N3O4. The molecular weight excluding hydrogens is 348 g/mol. The van der Waals surface area contributed by atoms with Crippen molar-refractivity contribution >= 4 is 34.9 Å². The molecule has 1 aromatic carbocycles. The van der Waals surface area contributed by atoms with E-state index in [4.69, 9.17) is 4.42 Å². The Labute approximate surface area is 145 Å². The minimum absolute atomic E-state index is 0.203. The Morgan fingerprint density at radius 3 is 2.77 bits per heavy atom. The van der Waals surface area contributed by atoms with Gasteiger partial charge in [0.05, 0.1) is 5.92 Å². The summed E-state index contributed by atoms with van der Waals surface area (Å²) in [4.78, 5) is 31.3. The number of carbonyl (C=O) groups excluding carboxylic acids is 1. The van der Waals surface area contributed by atoms with Crippen molar-refractivity contribution in [2.75, 3.05) is 5.32 Å². The number of nitrogens with one attached hydrogen (secondary N) is 1. The highest BCUT2D eigenvalue weighted by Gasteiger charge is 2.51. The Balaban J connectivity index is 1.69. The molecule has 1 aliphatic carbocycles. The summed E-state index contributed by atoms with van der Waals surface area (Å²) in [6.07, 6.45) is 0.269. The smallest absolute Gasteiger partial charge is 0.326 e. The van der Waals surface area contributed by atoms with Crippen molar-refractivity contribution in [3.8, 4) is 0 Å². The van der Waals surface area contributed by atoms with Gasteiger partial charge in [-0.2, -0.15) is 0 Å². The van der Waals surface area contributed by atoms with E-state index in [1.54, 1.807) is 0 Å². The van der Waals surface area contributed by atoms with Crippen LogP contribution in [0.25, 0.3) is 11.1 Å². The monoisotopic (exact) mass is 361 g/mol. The van der Waals surface area contributed by atoms with Gasteiger partial charge >= 0.3 is 5.97 Å². The molecule has 0 saturated heterocycles. The first kappa shape index (κ1) is 16.4. The number of aliphatic imine (C=N–C) groups is 1. The molecule has 1 aliphatic heterocycles. The first-order valence-electron chi connectivity index (χ1n) is 7.86. The molecule has 2 aliphatic rings. The number of carboxylic acids is 1. The van der Waals surface area contributed by atoms with Crippen LogP contribution in [0, 0.1) is 5.92 Å². The number of oxazole rings is 1. The number of benzene rings is 1. The number of hydrogen-bond acceptors (Lipinski definition) is 5. The van der Waals surface area contributed by atoms with Gasteiger partial charge in [0, 0.05) is 18.1 Å². The third kappa shape index (κ3) is 2.47. The van der Waals surface area contributed by atoms with Gasteiger partial charge in [0.15, 0.2) is 17.2 Å². The number of carboxylic acid groups (broad SMARTS) is 1. The van der Waals surface area contributed by atoms with Crippen LogP contribution in [0.4, 0.5) is 14.5 Å². The highest BCUT2D eigenvalue weighted by atomic mass is 19.1. The van der Waals surface area contributed by atoms with E-state index in [0.717, 1.165) is 12.3 Å². The fourth-order valence-electron chi connectivity index (χ4n) is 2.82. The lowest BCUT2D eigenvalue weighted by molar-refractivity contribution is -0.144. The van der Waals surface area contributed by atoms with Gasteiger partial charge in [-0.3, -0.25) is 14.6 Å². The zero-order chi connectivity index (χ0) is 18.5. The number of hydrogen-bond donors (Lipinski definition) is 2. The van der Waals surface area contributed by atoms with Gasteiger partial charge in [0.25, 0.3) is 0 Å². The lowest BCUT2D eigenvalue weighted by atomic mass is 9.82. The molecule has 0 spiro atoms. The van der Waals surface area contributed by atoms with Gasteiger partial charge < -0.3 is 14.8 Å². The van der Waals surface area contributed by atoms with E-state index in [1.807, 2.05) is 0 Å². The molecule has 1 aromatic heterocycles. The standard InChI is InChI=1S/C17H13F2N3O4/c18-10-6-9(10)14(23)21-8-1-2-12-11(5-8)22-15(26-12)17(16(24)25)3-4-20-7-13(17)19/h1-5,7,9-10,13H,6H2,(H,21,23)(H,24,25)/t9-,10+,13?,17?/m1/s1. The predicted octanol–water partition coefficient (Wildman–Crippen LogP) is 2.38. The summed E-state index contributed by atoms with van der Waals surface area (Å²) in [5.41, 5.74) is -1.27. The predicted molar refractivity (Wildman–Crippen MR) is 87.5 cm³/mol. The van der Waals surface area contributed by atoms with Crippen LogP contribution in [0.15, 0.2) is 39.9 Å². The Morgan fingerprint density at radius 2 is 2.12 bits per heavy atom. The summed E-state index contributed by atoms with van der Waals surface area (Å²) < 4.78 is 32.8. The Bertz CT molecular complexity index is 970. The second kappa shape index (κ2) is 5.72. The molecule has 4 atom stereocenters. The fraction of sp³-hybridized carbons (Fsp3) is 0.294. The molecule has 2 unspecified atom stereocenters. The lowest BCUT2D eigenvalue weighted by Crippen LogP contribution is -2.45. The van der Waals surface area contributed by atoms with Crippen LogP contribution in [0.5, 0.6) is 0 Å². The maximum absolute atomic E-state index is 14.4. The Morgan fingerprint density at radius 1 is 1.35 bits per heavy atom. The normalized spacial score (nSPS) is 29.7. The highest BCUT2D eigenvalue weighted by molar-refractivity contribution is 5.96. The van der Waals surface area contributed by atoms with Crippen molar-refractivity contribution in [2.24, 2.45) is 10.9 Å². The molecule has 0 bridgehead atoms. The van der Waals surface area contributed by atoms with Crippen LogP contribution in [-0.2, 0) is 15.0 Å². The second-order valence-electron chi connectivity index (χ2n) is 6.24. The second-order valence-corrected chi connectivity index (χ2v) is 6.24. The van der Waals surface area contributed by atoms with E-state index < -0.39 is 35.6 Å². The zero-order valence-electron chi connectivity index (χ0n) is 13.2. The number of aromatic nitrogens is 1. The van der Waals surface area contributed by atoms with Gasteiger partial charge in [0.2, 0.25) is 11.8 Å². The van der Waals surface area contributed by atoms with Crippen molar-refractivity contribution in [2.45, 2.75) is 24.2 Å². The SMILES string of the molecule is O=C(Nc1ccc2oc(C3(C(=O)O)C=CN=CC3F)nc2c1)[C@@H]1C[C@@H]1F. The quantitative estimate of drug-likeness (QED) is 0.870. The van der Waals surface area contributed by atoms with Crippen LogP contribution in [0.1, 0.15) is 12.3 Å². The van der Waals surface area contributed by atoms with Crippen LogP contribution < -0.4 is 5.32 Å². The van der Waals surface area contributed by atoms with E-state index in [-0.39, 0.29) is 23.4 Å². The summed E-state index contributed by atoms with van der Waals surface area (Å²) >= 11 is 0. The molecule has 1 fully saturated rings. The van der Waals surface area contributed by atoms with Crippen LogP contribution in [0.3, 0.4) is 0 Å². The molecule has 1 saturated carbocycles. The molecule has 1 amide bonds. The van der Waals surface area contributed by atoms with Crippen molar-refractivity contribution in [3.05, 3.63) is 36.4 Å². The van der Waals surface area contributed by atoms with Crippen molar-refractivity contribution in [1.29, 1.82) is 0 Å². The van der Waals surface area contributed by atoms with Gasteiger partial charge in [-0.1, -0.05) is 0 Å². The topological polar surface area (TPSA) is 105 Å². The minimum atomic E-state index is -2.11. The molecule has 9 heteroatoms. The number of carbonyl (C=O) groups is 2. The first-order chi connectivity index (χ1) is 12.4. The summed E-state index contributed by atoms with van der Waals surface area (Å²) in [7, 11) is 0. The molecule has 0 radical (unpaired) electrons. The number of aliphatic carboxylic acids is 1. The Hall–Kier alpha value is -3.10. The molecule has 134 valence electrons. The number of nitrogens with zero attached hydrogens (tertiary/aromatic N) is 2. The molecule has 7 nitrogen and oxygen atoms in total. The van der Waals surface area contributed by atoms with Crippen molar-refractivity contribution < 1.29 is 27.9 Å². The molecule has 2 N–H and O–H groups in total. The number of fused-ring (bicyclic) bond motifs is 1. The molecule has 4 rings (SSSR count). The van der Waals surface area contributed by atoms with Crippen LogP contribution >= 0.6 is 0 Å². The van der Waals surface area contributed by atoms with Crippen molar-refractivity contribution in [1.82, 2.24) is 4.98 Å². The Kier molecular flexibility index (Phi) is 3.60. The third-order valence-electron chi connectivity index (χ3n) is 4.49. The number of halogens is 2. The van der Waals surface area contributed by atoms with E-state index in [1.165, 1.54) is 24.4 Å². The summed E-state index contributed by atoms with van der Waals surface area (Å²) in [5.74, 6) is -2.87. The number of rotatable bonds is 4. The van der Waals surface area contributed by atoms with Crippen molar-refractivity contribution in [3.63, 3.8) is 0 Å². The maximum Gasteiger partial charge on any atom is 0.326 e. The summed E-state index contributed by atoms with van der Waals surface area (Å²) in [5, 5.41) is 12.1. The summed E-state index contributed by atoms with van der Waals surface area (Å²) in [6, 6.07) is 4.45. The average Bonchev–Trinajstić information content (AvgIpc) is 3.18. The summed E-state index contributed by atoms with van der Waals surface area (Å²) in [6.45, 7) is 0. The maximum atomic E-state index is 14.4.